The first-order valence-electron chi connectivity index (χ1n) is 6.58. The lowest BCUT2D eigenvalue weighted by Gasteiger charge is -1.97. The molecular formula is C18H16O. The van der Waals surface area contributed by atoms with Gasteiger partial charge in [0, 0.05) is 6.42 Å². The van der Waals surface area contributed by atoms with E-state index in [0.717, 1.165) is 18.6 Å². The second-order valence-electron chi connectivity index (χ2n) is 4.65. The molecule has 2 aromatic rings. The van der Waals surface area contributed by atoms with Crippen molar-refractivity contribution in [3.63, 3.8) is 0 Å². The Morgan fingerprint density at radius 2 is 1.47 bits per heavy atom. The average Bonchev–Trinajstić information content (AvgIpc) is 2.88. The van der Waals surface area contributed by atoms with Gasteiger partial charge in [0.15, 0.2) is 0 Å². The molecule has 1 nitrogen and oxygen atoms in total. The Hall–Kier alpha value is -2.28. The number of rotatable bonds is 3. The smallest absolute Gasteiger partial charge is 0.104 e. The highest BCUT2D eigenvalue weighted by Gasteiger charge is 2.06. The van der Waals surface area contributed by atoms with E-state index in [2.05, 4.69) is 48.5 Å². The van der Waals surface area contributed by atoms with Gasteiger partial charge in [-0.3, -0.25) is 0 Å². The summed E-state index contributed by atoms with van der Waals surface area (Å²) in [6.45, 7) is 0. The fraction of sp³-hybridized carbons (Fsp3) is 0.111. The second kappa shape index (κ2) is 5.57. The highest BCUT2D eigenvalue weighted by atomic mass is 16.3. The third kappa shape index (κ3) is 3.35. The molecule has 0 atom stereocenters. The molecule has 0 amide bonds. The molecule has 1 heterocycles. The normalized spacial score (nSPS) is 10.5. The molecule has 19 heavy (non-hydrogen) atoms. The van der Waals surface area contributed by atoms with E-state index in [9.17, 15) is 0 Å². The van der Waals surface area contributed by atoms with Crippen molar-refractivity contribution < 1.29 is 4.42 Å². The molecule has 2 aliphatic rings. The van der Waals surface area contributed by atoms with E-state index in [4.69, 9.17) is 4.42 Å². The van der Waals surface area contributed by atoms with Gasteiger partial charge in [-0.1, -0.05) is 48.5 Å². The molecule has 0 unspecified atom stereocenters. The van der Waals surface area contributed by atoms with E-state index >= 15 is 0 Å². The van der Waals surface area contributed by atoms with E-state index in [1.807, 2.05) is 18.2 Å². The maximum absolute atomic E-state index is 5.26. The number of fused-ring (bicyclic) bond motifs is 1. The minimum Gasteiger partial charge on any atom is -0.469 e. The third-order valence-electron chi connectivity index (χ3n) is 3.20. The summed E-state index contributed by atoms with van der Waals surface area (Å²) in [6, 6.07) is 22.9. The standard InChI is InChI=1S/C12H12O.C6H4/c1-2-5-11(6-3-1)8-9-12-7-4-10-13-12;1-2-5-4-6(5)3-1/h1-7,10H,8-9H2;1-4H. The first-order valence-corrected chi connectivity index (χ1v) is 6.58. The Labute approximate surface area is 113 Å². The Kier molecular flexibility index (Phi) is 3.46. The van der Waals surface area contributed by atoms with E-state index in [1.165, 1.54) is 16.7 Å². The molecule has 0 saturated heterocycles. The fourth-order valence-electron chi connectivity index (χ4n) is 2.04. The number of aryl methyl sites for hydroxylation is 2. The SMILES string of the molecule is c1cc2cc-2c1.c1ccc(CCc2ccco2)cc1. The second-order valence-corrected chi connectivity index (χ2v) is 4.65. The van der Waals surface area contributed by atoms with Gasteiger partial charge in [-0.2, -0.15) is 0 Å². The molecule has 94 valence electrons. The maximum atomic E-state index is 5.26. The van der Waals surface area contributed by atoms with Crippen LogP contribution in [0.25, 0.3) is 11.1 Å². The van der Waals surface area contributed by atoms with Gasteiger partial charge in [0.2, 0.25) is 0 Å². The highest BCUT2D eigenvalue weighted by Crippen LogP contribution is 2.32. The lowest BCUT2D eigenvalue weighted by Crippen LogP contribution is -1.88. The first kappa shape index (κ1) is 11.8. The molecule has 0 spiro atoms. The van der Waals surface area contributed by atoms with Crippen molar-refractivity contribution in [2.75, 3.05) is 0 Å². The Balaban J connectivity index is 0.000000151. The van der Waals surface area contributed by atoms with Gasteiger partial charge in [0.25, 0.3) is 0 Å². The molecule has 2 aliphatic carbocycles. The van der Waals surface area contributed by atoms with Crippen molar-refractivity contribution in [3.05, 3.63) is 84.3 Å². The fourth-order valence-corrected chi connectivity index (χ4v) is 2.04. The van der Waals surface area contributed by atoms with Crippen LogP contribution in [0, 0.1) is 0 Å². The largest absolute Gasteiger partial charge is 0.469 e. The summed E-state index contributed by atoms with van der Waals surface area (Å²) in [5, 5.41) is 0. The van der Waals surface area contributed by atoms with Crippen LogP contribution in [0.5, 0.6) is 0 Å². The van der Waals surface area contributed by atoms with Crippen LogP contribution in [0.15, 0.2) is 77.4 Å². The third-order valence-corrected chi connectivity index (χ3v) is 3.20. The van der Waals surface area contributed by atoms with E-state index < -0.39 is 0 Å². The molecule has 1 aromatic carbocycles. The van der Waals surface area contributed by atoms with E-state index in [-0.39, 0.29) is 0 Å². The van der Waals surface area contributed by atoms with Crippen molar-refractivity contribution in [3.8, 4) is 11.1 Å². The van der Waals surface area contributed by atoms with Crippen LogP contribution in [0.1, 0.15) is 11.3 Å². The van der Waals surface area contributed by atoms with Gasteiger partial charge in [-0.05, 0) is 41.3 Å². The van der Waals surface area contributed by atoms with Crippen molar-refractivity contribution in [1.82, 2.24) is 0 Å². The first-order chi connectivity index (χ1) is 9.42. The van der Waals surface area contributed by atoms with Gasteiger partial charge < -0.3 is 4.42 Å². The number of hydrogen-bond acceptors (Lipinski definition) is 1. The van der Waals surface area contributed by atoms with E-state index in [0.29, 0.717) is 0 Å². The molecule has 0 fully saturated rings. The number of hydrogen-bond donors (Lipinski definition) is 0. The minimum absolute atomic E-state index is 0.983. The molecule has 4 rings (SSSR count). The lowest BCUT2D eigenvalue weighted by atomic mass is 10.1. The maximum Gasteiger partial charge on any atom is 0.104 e. The molecule has 0 bridgehead atoms. The van der Waals surface area contributed by atoms with Gasteiger partial charge >= 0.3 is 0 Å². The zero-order valence-corrected chi connectivity index (χ0v) is 10.8. The van der Waals surface area contributed by atoms with Crippen molar-refractivity contribution in [2.45, 2.75) is 12.8 Å². The number of furan rings is 1. The van der Waals surface area contributed by atoms with Gasteiger partial charge in [-0.25, -0.2) is 0 Å². The summed E-state index contributed by atoms with van der Waals surface area (Å²) in [4.78, 5) is 0. The van der Waals surface area contributed by atoms with Crippen LogP contribution >= 0.6 is 0 Å². The molecule has 1 aromatic heterocycles. The predicted molar refractivity (Wildman–Crippen MR) is 78.0 cm³/mol. The van der Waals surface area contributed by atoms with Crippen LogP contribution in [0.4, 0.5) is 0 Å². The van der Waals surface area contributed by atoms with Crippen LogP contribution in [-0.2, 0) is 12.8 Å². The lowest BCUT2D eigenvalue weighted by molar-refractivity contribution is 0.508. The van der Waals surface area contributed by atoms with Crippen molar-refractivity contribution >= 4 is 0 Å². The minimum atomic E-state index is 0.983. The van der Waals surface area contributed by atoms with Gasteiger partial charge in [0.05, 0.1) is 6.26 Å². The van der Waals surface area contributed by atoms with Crippen LogP contribution in [-0.4, -0.2) is 0 Å². The van der Waals surface area contributed by atoms with E-state index in [1.54, 1.807) is 6.26 Å². The highest BCUT2D eigenvalue weighted by molar-refractivity contribution is 5.80. The van der Waals surface area contributed by atoms with Crippen LogP contribution in [0.2, 0.25) is 0 Å². The zero-order valence-electron chi connectivity index (χ0n) is 10.8. The summed E-state index contributed by atoms with van der Waals surface area (Å²) in [5.41, 5.74) is 4.21. The Morgan fingerprint density at radius 3 is 2.00 bits per heavy atom. The summed E-state index contributed by atoms with van der Waals surface area (Å²) in [5.74, 6) is 1.06. The molecule has 0 aliphatic heterocycles. The molecule has 0 radical (unpaired) electrons. The van der Waals surface area contributed by atoms with Crippen LogP contribution in [0.3, 0.4) is 0 Å². The zero-order chi connectivity index (χ0) is 12.9. The monoisotopic (exact) mass is 248 g/mol. The molecule has 0 N–H and O–H groups in total. The van der Waals surface area contributed by atoms with Crippen molar-refractivity contribution in [2.24, 2.45) is 0 Å². The Morgan fingerprint density at radius 1 is 0.684 bits per heavy atom. The summed E-state index contributed by atoms with van der Waals surface area (Å²) in [6.07, 6.45) is 3.76. The molecular weight excluding hydrogens is 232 g/mol. The quantitative estimate of drug-likeness (QED) is 0.510. The molecule has 0 saturated carbocycles. The van der Waals surface area contributed by atoms with Crippen molar-refractivity contribution in [1.29, 1.82) is 0 Å². The van der Waals surface area contributed by atoms with Gasteiger partial charge in [-0.15, -0.1) is 0 Å². The summed E-state index contributed by atoms with van der Waals surface area (Å²) < 4.78 is 5.26. The Bertz CT molecular complexity index is 607. The topological polar surface area (TPSA) is 13.1 Å². The summed E-state index contributed by atoms with van der Waals surface area (Å²) in [7, 11) is 0. The van der Waals surface area contributed by atoms with Crippen LogP contribution < -0.4 is 0 Å². The average molecular weight is 248 g/mol. The summed E-state index contributed by atoms with van der Waals surface area (Å²) >= 11 is 0. The molecule has 1 heteroatoms. The predicted octanol–water partition coefficient (Wildman–Crippen LogP) is 4.73. The number of benzene rings is 2. The van der Waals surface area contributed by atoms with Gasteiger partial charge in [0.1, 0.15) is 5.76 Å².